The molecule has 5 heteroatoms. The number of pyridine rings is 1. The average molecular weight is 370 g/mol. The van der Waals surface area contributed by atoms with E-state index in [1.54, 1.807) is 18.5 Å². The number of carbonyl (C=O) groups excluding carboxylic acids is 1. The number of aromatic nitrogens is 2. The number of amides is 1. The van der Waals surface area contributed by atoms with Crippen LogP contribution in [0.1, 0.15) is 29.4 Å². The van der Waals surface area contributed by atoms with Crippen molar-refractivity contribution in [2.24, 2.45) is 0 Å². The Balaban J connectivity index is 1.93. The summed E-state index contributed by atoms with van der Waals surface area (Å²) in [6.07, 6.45) is 5.95. The minimum atomic E-state index is -0.408. The van der Waals surface area contributed by atoms with Gasteiger partial charge in [-0.05, 0) is 61.7 Å². The molecular weight excluding hydrogens is 348 g/mol. The standard InChI is InChI=1S/C23H22N4O/c1-4-18-8-5-6-10-22(18)26-23(28)20(14-24)13-19-12-16(2)27(17(19)3)21-9-7-11-25-15-21/h5-13,15H,4H2,1-3H3,(H,26,28)/b20-13-. The fourth-order valence-electron chi connectivity index (χ4n) is 3.26. The molecule has 1 N–H and O–H groups in total. The molecule has 2 heterocycles. The van der Waals surface area contributed by atoms with E-state index < -0.39 is 5.91 Å². The maximum Gasteiger partial charge on any atom is 0.266 e. The van der Waals surface area contributed by atoms with Gasteiger partial charge in [0.05, 0.1) is 11.9 Å². The summed E-state index contributed by atoms with van der Waals surface area (Å²) in [5.74, 6) is -0.408. The third-order valence-electron chi connectivity index (χ3n) is 4.69. The fraction of sp³-hybridized carbons (Fsp3) is 0.174. The average Bonchev–Trinajstić information content (AvgIpc) is 3.00. The van der Waals surface area contributed by atoms with E-state index in [1.807, 2.05) is 69.3 Å². The SMILES string of the molecule is CCc1ccccc1NC(=O)/C(C#N)=C\c1cc(C)n(-c2cccnc2)c1C. The number of anilines is 1. The lowest BCUT2D eigenvalue weighted by Crippen LogP contribution is -2.14. The molecule has 0 radical (unpaired) electrons. The molecule has 1 amide bonds. The molecule has 2 aromatic heterocycles. The summed E-state index contributed by atoms with van der Waals surface area (Å²) >= 11 is 0. The van der Waals surface area contributed by atoms with E-state index in [-0.39, 0.29) is 5.57 Å². The Labute approximate surface area is 165 Å². The van der Waals surface area contributed by atoms with E-state index in [4.69, 9.17) is 0 Å². The lowest BCUT2D eigenvalue weighted by molar-refractivity contribution is -0.112. The number of carbonyl (C=O) groups is 1. The molecule has 0 bridgehead atoms. The summed E-state index contributed by atoms with van der Waals surface area (Å²) in [6.45, 7) is 5.98. The molecule has 0 aliphatic heterocycles. The molecule has 3 aromatic rings. The van der Waals surface area contributed by atoms with Crippen LogP contribution in [0.5, 0.6) is 0 Å². The molecule has 0 saturated carbocycles. The van der Waals surface area contributed by atoms with Crippen LogP contribution in [-0.2, 0) is 11.2 Å². The normalized spacial score (nSPS) is 11.1. The van der Waals surface area contributed by atoms with E-state index in [0.717, 1.165) is 40.3 Å². The molecule has 1 aromatic carbocycles. The number of para-hydroxylation sites is 1. The van der Waals surface area contributed by atoms with Crippen molar-refractivity contribution in [1.82, 2.24) is 9.55 Å². The smallest absolute Gasteiger partial charge is 0.266 e. The van der Waals surface area contributed by atoms with Crippen LogP contribution in [0, 0.1) is 25.2 Å². The van der Waals surface area contributed by atoms with Crippen LogP contribution in [0.3, 0.4) is 0 Å². The van der Waals surface area contributed by atoms with Gasteiger partial charge >= 0.3 is 0 Å². The molecular formula is C23H22N4O. The fourth-order valence-corrected chi connectivity index (χ4v) is 3.26. The third-order valence-corrected chi connectivity index (χ3v) is 4.69. The highest BCUT2D eigenvalue weighted by Crippen LogP contribution is 2.23. The van der Waals surface area contributed by atoms with Crippen molar-refractivity contribution >= 4 is 17.7 Å². The molecule has 3 rings (SSSR count). The maximum atomic E-state index is 12.7. The largest absolute Gasteiger partial charge is 0.321 e. The van der Waals surface area contributed by atoms with Gasteiger partial charge in [-0.15, -0.1) is 0 Å². The zero-order valence-corrected chi connectivity index (χ0v) is 16.2. The highest BCUT2D eigenvalue weighted by Gasteiger charge is 2.15. The Morgan fingerprint density at radius 1 is 1.25 bits per heavy atom. The first-order valence-corrected chi connectivity index (χ1v) is 9.15. The number of nitrogens with zero attached hydrogens (tertiary/aromatic N) is 3. The molecule has 0 fully saturated rings. The Kier molecular flexibility index (Phi) is 5.71. The summed E-state index contributed by atoms with van der Waals surface area (Å²) in [5.41, 5.74) is 5.55. The number of nitrogens with one attached hydrogen (secondary N) is 1. The summed E-state index contributed by atoms with van der Waals surface area (Å²) in [4.78, 5) is 16.8. The van der Waals surface area contributed by atoms with Crippen LogP contribution >= 0.6 is 0 Å². The second-order valence-corrected chi connectivity index (χ2v) is 6.51. The van der Waals surface area contributed by atoms with Crippen LogP contribution < -0.4 is 5.32 Å². The first kappa shape index (κ1) is 19.1. The summed E-state index contributed by atoms with van der Waals surface area (Å²) in [5, 5.41) is 12.4. The van der Waals surface area contributed by atoms with Gasteiger partial charge in [-0.2, -0.15) is 5.26 Å². The first-order valence-electron chi connectivity index (χ1n) is 9.15. The molecule has 0 atom stereocenters. The van der Waals surface area contributed by atoms with E-state index in [1.165, 1.54) is 0 Å². The summed E-state index contributed by atoms with van der Waals surface area (Å²) < 4.78 is 2.05. The van der Waals surface area contributed by atoms with Crippen LogP contribution in [0.15, 0.2) is 60.4 Å². The van der Waals surface area contributed by atoms with Crippen molar-refractivity contribution in [2.45, 2.75) is 27.2 Å². The zero-order valence-electron chi connectivity index (χ0n) is 16.2. The van der Waals surface area contributed by atoms with Crippen molar-refractivity contribution in [3.05, 3.63) is 82.9 Å². The second kappa shape index (κ2) is 8.36. The van der Waals surface area contributed by atoms with Crippen LogP contribution in [-0.4, -0.2) is 15.5 Å². The summed E-state index contributed by atoms with van der Waals surface area (Å²) in [6, 6.07) is 15.5. The van der Waals surface area contributed by atoms with Crippen molar-refractivity contribution in [3.8, 4) is 11.8 Å². The van der Waals surface area contributed by atoms with Crippen LogP contribution in [0.2, 0.25) is 0 Å². The van der Waals surface area contributed by atoms with Crippen LogP contribution in [0.4, 0.5) is 5.69 Å². The number of aryl methyl sites for hydroxylation is 2. The highest BCUT2D eigenvalue weighted by atomic mass is 16.1. The topological polar surface area (TPSA) is 70.7 Å². The molecule has 0 aliphatic rings. The van der Waals surface area contributed by atoms with Crippen LogP contribution in [0.25, 0.3) is 11.8 Å². The molecule has 0 spiro atoms. The van der Waals surface area contributed by atoms with Crippen molar-refractivity contribution < 1.29 is 4.79 Å². The number of hydrogen-bond donors (Lipinski definition) is 1. The van der Waals surface area contributed by atoms with Crippen molar-refractivity contribution in [1.29, 1.82) is 5.26 Å². The van der Waals surface area contributed by atoms with E-state index in [2.05, 4.69) is 14.9 Å². The zero-order chi connectivity index (χ0) is 20.1. The van der Waals surface area contributed by atoms with Gasteiger partial charge in [0.2, 0.25) is 0 Å². The van der Waals surface area contributed by atoms with Gasteiger partial charge in [-0.3, -0.25) is 9.78 Å². The number of rotatable bonds is 5. The number of hydrogen-bond acceptors (Lipinski definition) is 3. The van der Waals surface area contributed by atoms with E-state index in [0.29, 0.717) is 0 Å². The Hall–Kier alpha value is -3.65. The third kappa shape index (κ3) is 3.86. The van der Waals surface area contributed by atoms with Gasteiger partial charge in [0.1, 0.15) is 11.6 Å². The predicted octanol–water partition coefficient (Wildman–Crippen LogP) is 4.60. The number of nitriles is 1. The monoisotopic (exact) mass is 370 g/mol. The Morgan fingerprint density at radius 3 is 2.71 bits per heavy atom. The quantitative estimate of drug-likeness (QED) is 0.527. The highest BCUT2D eigenvalue weighted by molar-refractivity contribution is 6.10. The summed E-state index contributed by atoms with van der Waals surface area (Å²) in [7, 11) is 0. The van der Waals surface area contributed by atoms with Crippen molar-refractivity contribution in [2.75, 3.05) is 5.32 Å². The van der Waals surface area contributed by atoms with E-state index in [9.17, 15) is 10.1 Å². The maximum absolute atomic E-state index is 12.7. The molecule has 28 heavy (non-hydrogen) atoms. The number of benzene rings is 1. The van der Waals surface area contributed by atoms with E-state index >= 15 is 0 Å². The minimum absolute atomic E-state index is 0.0670. The minimum Gasteiger partial charge on any atom is -0.321 e. The Bertz CT molecular complexity index is 1070. The Morgan fingerprint density at radius 2 is 2.04 bits per heavy atom. The molecule has 140 valence electrons. The predicted molar refractivity (Wildman–Crippen MR) is 111 cm³/mol. The molecule has 0 aliphatic carbocycles. The lowest BCUT2D eigenvalue weighted by atomic mass is 10.1. The van der Waals surface area contributed by atoms with Crippen molar-refractivity contribution in [3.63, 3.8) is 0 Å². The van der Waals surface area contributed by atoms with Gasteiger partial charge in [0, 0.05) is 23.3 Å². The molecule has 5 nitrogen and oxygen atoms in total. The van der Waals surface area contributed by atoms with Gasteiger partial charge in [-0.25, -0.2) is 0 Å². The van der Waals surface area contributed by atoms with Gasteiger partial charge in [0.25, 0.3) is 5.91 Å². The molecule has 0 unspecified atom stereocenters. The lowest BCUT2D eigenvalue weighted by Gasteiger charge is -2.09. The molecule has 0 saturated heterocycles. The van der Waals surface area contributed by atoms with Gasteiger partial charge in [0.15, 0.2) is 0 Å². The first-order chi connectivity index (χ1) is 13.5. The van der Waals surface area contributed by atoms with Gasteiger partial charge < -0.3 is 9.88 Å². The van der Waals surface area contributed by atoms with Gasteiger partial charge in [-0.1, -0.05) is 25.1 Å². The second-order valence-electron chi connectivity index (χ2n) is 6.51.